The number of hydrogen-bond donors (Lipinski definition) is 1. The molecule has 3 amide bonds. The van der Waals surface area contributed by atoms with E-state index in [0.29, 0.717) is 32.8 Å². The average Bonchev–Trinajstić information content (AvgIpc) is 3.42. The van der Waals surface area contributed by atoms with Crippen LogP contribution < -0.4 is 10.1 Å². The summed E-state index contributed by atoms with van der Waals surface area (Å²) >= 11 is 1.66. The molecule has 8 heteroatoms. The first-order valence-electron chi connectivity index (χ1n) is 12.2. The van der Waals surface area contributed by atoms with Crippen LogP contribution in [0.3, 0.4) is 0 Å². The van der Waals surface area contributed by atoms with Gasteiger partial charge in [-0.1, -0.05) is 48.5 Å². The maximum absolute atomic E-state index is 12.7. The maximum atomic E-state index is 12.7. The predicted molar refractivity (Wildman–Crippen MR) is 139 cm³/mol. The summed E-state index contributed by atoms with van der Waals surface area (Å²) in [7, 11) is 0. The van der Waals surface area contributed by atoms with Crippen molar-refractivity contribution in [2.45, 2.75) is 32.4 Å². The summed E-state index contributed by atoms with van der Waals surface area (Å²) in [6.07, 6.45) is 1.04. The molecule has 188 valence electrons. The van der Waals surface area contributed by atoms with E-state index in [0.717, 1.165) is 23.3 Å². The zero-order valence-corrected chi connectivity index (χ0v) is 21.0. The van der Waals surface area contributed by atoms with Gasteiger partial charge in [-0.25, -0.2) is 0 Å². The predicted octanol–water partition coefficient (Wildman–Crippen LogP) is 3.64. The molecule has 1 aliphatic heterocycles. The summed E-state index contributed by atoms with van der Waals surface area (Å²) in [6.45, 7) is 2.56. The summed E-state index contributed by atoms with van der Waals surface area (Å²) < 4.78 is 5.82. The highest BCUT2D eigenvalue weighted by Gasteiger charge is 2.27. The second kappa shape index (κ2) is 12.9. The second-order valence-electron chi connectivity index (χ2n) is 8.73. The number of amides is 3. The minimum absolute atomic E-state index is 0.0527. The van der Waals surface area contributed by atoms with Crippen molar-refractivity contribution in [2.75, 3.05) is 26.2 Å². The van der Waals surface area contributed by atoms with Gasteiger partial charge in [0, 0.05) is 43.9 Å². The summed E-state index contributed by atoms with van der Waals surface area (Å²) in [6, 6.07) is 21.7. The first-order chi connectivity index (χ1) is 17.6. The van der Waals surface area contributed by atoms with Gasteiger partial charge < -0.3 is 19.9 Å². The van der Waals surface area contributed by atoms with Gasteiger partial charge in [-0.05, 0) is 41.1 Å². The molecule has 2 aromatic carbocycles. The van der Waals surface area contributed by atoms with E-state index in [2.05, 4.69) is 5.32 Å². The third-order valence-electron chi connectivity index (χ3n) is 6.06. The summed E-state index contributed by atoms with van der Waals surface area (Å²) in [4.78, 5) is 41.8. The minimum atomic E-state index is -0.156. The van der Waals surface area contributed by atoms with Crippen LogP contribution in [0.1, 0.15) is 28.8 Å². The van der Waals surface area contributed by atoms with Crippen LogP contribution in [-0.4, -0.2) is 53.7 Å². The van der Waals surface area contributed by atoms with E-state index in [1.807, 2.05) is 72.1 Å². The summed E-state index contributed by atoms with van der Waals surface area (Å²) in [5.74, 6) is 0.400. The zero-order valence-electron chi connectivity index (χ0n) is 20.2. The Bertz CT molecular complexity index is 1130. The minimum Gasteiger partial charge on any atom is -0.489 e. The Morgan fingerprint density at radius 1 is 0.917 bits per heavy atom. The fourth-order valence-corrected chi connectivity index (χ4v) is 4.70. The third-order valence-corrected chi connectivity index (χ3v) is 6.99. The highest BCUT2D eigenvalue weighted by atomic mass is 32.1. The number of ether oxygens (including phenoxy) is 1. The van der Waals surface area contributed by atoms with Gasteiger partial charge in [0.1, 0.15) is 12.4 Å². The largest absolute Gasteiger partial charge is 0.489 e. The molecule has 1 aliphatic rings. The summed E-state index contributed by atoms with van der Waals surface area (Å²) in [5, 5.41) is 4.86. The van der Waals surface area contributed by atoms with E-state index in [1.54, 1.807) is 21.1 Å². The molecule has 0 atom stereocenters. The Balaban J connectivity index is 1.15. The molecule has 1 saturated heterocycles. The Morgan fingerprint density at radius 3 is 2.44 bits per heavy atom. The lowest BCUT2D eigenvalue weighted by molar-refractivity contribution is -0.146. The molecule has 0 bridgehead atoms. The first kappa shape index (κ1) is 25.4. The fraction of sp³-hybridized carbons (Fsp3) is 0.321. The van der Waals surface area contributed by atoms with Crippen LogP contribution in [-0.2, 0) is 34.0 Å². The molecule has 3 aromatic rings. The first-order valence-corrected chi connectivity index (χ1v) is 13.0. The van der Waals surface area contributed by atoms with Crippen LogP contribution in [0.2, 0.25) is 0 Å². The standard InChI is InChI=1S/C28H31N3O4S/c32-26(29-15-14-25-7-4-18-36-25)12-13-27(33)31-17-16-30(28(34)20-31)19-22-8-10-24(11-9-22)35-21-23-5-2-1-3-6-23/h1-11,18H,12-17,19-21H2,(H,29,32). The molecule has 0 aliphatic carbocycles. The molecular formula is C28H31N3O4S. The van der Waals surface area contributed by atoms with Crippen LogP contribution in [0.4, 0.5) is 0 Å². The van der Waals surface area contributed by atoms with Crippen molar-refractivity contribution >= 4 is 29.1 Å². The molecule has 1 fully saturated rings. The number of piperazine rings is 1. The van der Waals surface area contributed by atoms with Crippen molar-refractivity contribution in [1.82, 2.24) is 15.1 Å². The van der Waals surface area contributed by atoms with Gasteiger partial charge in [0.15, 0.2) is 0 Å². The highest BCUT2D eigenvalue weighted by Crippen LogP contribution is 2.17. The maximum Gasteiger partial charge on any atom is 0.242 e. The molecule has 1 N–H and O–H groups in total. The van der Waals surface area contributed by atoms with Gasteiger partial charge in [-0.2, -0.15) is 0 Å². The second-order valence-corrected chi connectivity index (χ2v) is 9.76. The van der Waals surface area contributed by atoms with Crippen LogP contribution in [0.5, 0.6) is 5.75 Å². The van der Waals surface area contributed by atoms with E-state index in [4.69, 9.17) is 4.74 Å². The number of carbonyl (C=O) groups excluding carboxylic acids is 3. The quantitative estimate of drug-likeness (QED) is 0.432. The van der Waals surface area contributed by atoms with E-state index in [-0.39, 0.29) is 37.1 Å². The zero-order chi connectivity index (χ0) is 25.2. The Morgan fingerprint density at radius 2 is 1.72 bits per heavy atom. The van der Waals surface area contributed by atoms with E-state index in [1.165, 1.54) is 4.88 Å². The van der Waals surface area contributed by atoms with Gasteiger partial charge in [0.25, 0.3) is 0 Å². The van der Waals surface area contributed by atoms with Gasteiger partial charge in [0.05, 0.1) is 6.54 Å². The van der Waals surface area contributed by atoms with Crippen LogP contribution in [0, 0.1) is 0 Å². The molecule has 2 heterocycles. The van der Waals surface area contributed by atoms with Gasteiger partial charge >= 0.3 is 0 Å². The van der Waals surface area contributed by atoms with Crippen molar-refractivity contribution in [3.8, 4) is 5.75 Å². The highest BCUT2D eigenvalue weighted by molar-refractivity contribution is 7.09. The lowest BCUT2D eigenvalue weighted by Gasteiger charge is -2.34. The third kappa shape index (κ3) is 7.68. The number of rotatable bonds is 11. The Kier molecular flexibility index (Phi) is 9.10. The molecule has 36 heavy (non-hydrogen) atoms. The SMILES string of the molecule is O=C(CCC(=O)N1CCN(Cc2ccc(OCc3ccccc3)cc2)C(=O)C1)NCCc1cccs1. The normalized spacial score (nSPS) is 13.5. The van der Waals surface area contributed by atoms with Crippen LogP contribution in [0.15, 0.2) is 72.1 Å². The summed E-state index contributed by atoms with van der Waals surface area (Å²) in [5.41, 5.74) is 2.11. The molecule has 0 spiro atoms. The van der Waals surface area contributed by atoms with Crippen molar-refractivity contribution in [3.63, 3.8) is 0 Å². The van der Waals surface area contributed by atoms with Gasteiger partial charge in [0.2, 0.25) is 17.7 Å². The number of thiophene rings is 1. The topological polar surface area (TPSA) is 79.0 Å². The van der Waals surface area contributed by atoms with Gasteiger partial charge in [-0.3, -0.25) is 14.4 Å². The molecule has 0 saturated carbocycles. The van der Waals surface area contributed by atoms with Crippen molar-refractivity contribution in [1.29, 1.82) is 0 Å². The van der Waals surface area contributed by atoms with E-state index < -0.39 is 0 Å². The molecular weight excluding hydrogens is 474 g/mol. The Labute approximate surface area is 215 Å². The smallest absolute Gasteiger partial charge is 0.242 e. The monoisotopic (exact) mass is 505 g/mol. The fourth-order valence-electron chi connectivity index (χ4n) is 3.99. The van der Waals surface area contributed by atoms with Crippen molar-refractivity contribution in [3.05, 3.63) is 88.1 Å². The van der Waals surface area contributed by atoms with Crippen LogP contribution in [0.25, 0.3) is 0 Å². The van der Waals surface area contributed by atoms with Crippen molar-refractivity contribution < 1.29 is 19.1 Å². The molecule has 0 unspecified atom stereocenters. The number of hydrogen-bond acceptors (Lipinski definition) is 5. The van der Waals surface area contributed by atoms with Gasteiger partial charge in [-0.15, -0.1) is 11.3 Å². The number of carbonyl (C=O) groups is 3. The Hall–Kier alpha value is -3.65. The van der Waals surface area contributed by atoms with E-state index in [9.17, 15) is 14.4 Å². The van der Waals surface area contributed by atoms with Crippen molar-refractivity contribution in [2.24, 2.45) is 0 Å². The molecule has 1 aromatic heterocycles. The van der Waals surface area contributed by atoms with E-state index >= 15 is 0 Å². The number of benzene rings is 2. The molecule has 4 rings (SSSR count). The molecule has 0 radical (unpaired) electrons. The molecule has 7 nitrogen and oxygen atoms in total. The lowest BCUT2D eigenvalue weighted by atomic mass is 10.1. The average molecular weight is 506 g/mol. The lowest BCUT2D eigenvalue weighted by Crippen LogP contribution is -2.51. The number of nitrogens with zero attached hydrogens (tertiary/aromatic N) is 2. The number of nitrogens with one attached hydrogen (secondary N) is 1. The van der Waals surface area contributed by atoms with Crippen LogP contribution >= 0.6 is 11.3 Å².